The summed E-state index contributed by atoms with van der Waals surface area (Å²) in [5, 5.41) is 0. The quantitative estimate of drug-likeness (QED) is 0.860. The van der Waals surface area contributed by atoms with Crippen LogP contribution in [0.1, 0.15) is 17.9 Å². The van der Waals surface area contributed by atoms with Gasteiger partial charge in [-0.3, -0.25) is 0 Å². The number of fused-ring (bicyclic) bond motifs is 2. The zero-order valence-corrected chi connectivity index (χ0v) is 11.4. The van der Waals surface area contributed by atoms with Crippen molar-refractivity contribution in [3.05, 3.63) is 29.7 Å². The third-order valence-electron chi connectivity index (χ3n) is 4.10. The van der Waals surface area contributed by atoms with E-state index >= 15 is 0 Å². The summed E-state index contributed by atoms with van der Waals surface area (Å²) in [4.78, 5) is 4.79. The molecule has 0 aliphatic carbocycles. The van der Waals surface area contributed by atoms with Gasteiger partial charge in [0.2, 0.25) is 6.79 Å². The van der Waals surface area contributed by atoms with Gasteiger partial charge in [-0.1, -0.05) is 0 Å². The smallest absolute Gasteiger partial charge is 0.231 e. The van der Waals surface area contributed by atoms with E-state index < -0.39 is 0 Å². The molecule has 0 fully saturated rings. The molecule has 1 atom stereocenters. The van der Waals surface area contributed by atoms with Crippen molar-refractivity contribution in [1.29, 1.82) is 0 Å². The second-order valence-electron chi connectivity index (χ2n) is 5.44. The van der Waals surface area contributed by atoms with E-state index in [4.69, 9.17) is 20.2 Å². The minimum absolute atomic E-state index is 0.236. The first-order chi connectivity index (χ1) is 9.72. The summed E-state index contributed by atoms with van der Waals surface area (Å²) < 4.78 is 13.0. The van der Waals surface area contributed by atoms with Gasteiger partial charge in [0.05, 0.1) is 5.69 Å². The van der Waals surface area contributed by atoms with Gasteiger partial charge in [-0.2, -0.15) is 0 Å². The maximum Gasteiger partial charge on any atom is 0.231 e. The molecule has 0 spiro atoms. The summed E-state index contributed by atoms with van der Waals surface area (Å²) in [6.45, 7) is 3.26. The molecular weight excluding hydrogens is 254 g/mol. The number of hydrogen-bond donors (Lipinski definition) is 1. The summed E-state index contributed by atoms with van der Waals surface area (Å²) in [7, 11) is 0. The molecule has 4 rings (SSSR count). The first-order valence-corrected chi connectivity index (χ1v) is 6.94. The molecule has 0 saturated carbocycles. The van der Waals surface area contributed by atoms with Crippen LogP contribution < -0.4 is 15.2 Å². The molecule has 104 valence electrons. The Bertz CT molecular complexity index is 678. The maximum absolute atomic E-state index is 6.06. The maximum atomic E-state index is 6.06. The highest BCUT2D eigenvalue weighted by atomic mass is 16.7. The van der Waals surface area contributed by atoms with Crippen LogP contribution in [0.15, 0.2) is 18.2 Å². The van der Waals surface area contributed by atoms with Crippen LogP contribution in [0.25, 0.3) is 11.3 Å². The zero-order valence-electron chi connectivity index (χ0n) is 11.4. The summed E-state index contributed by atoms with van der Waals surface area (Å²) in [5.74, 6) is 2.74. The molecule has 2 N–H and O–H groups in total. The number of benzene rings is 1. The highest BCUT2D eigenvalue weighted by molar-refractivity contribution is 5.66. The molecule has 1 unspecified atom stereocenters. The van der Waals surface area contributed by atoms with Crippen molar-refractivity contribution in [3.63, 3.8) is 0 Å². The fourth-order valence-corrected chi connectivity index (χ4v) is 2.98. The lowest BCUT2D eigenvalue weighted by molar-refractivity contribution is 0.174. The molecule has 5 heteroatoms. The number of nitrogens with zero attached hydrogens (tertiary/aromatic N) is 2. The molecule has 2 aromatic rings. The first kappa shape index (κ1) is 11.8. The summed E-state index contributed by atoms with van der Waals surface area (Å²) in [6, 6.07) is 6.22. The SMILES string of the molecule is Cc1c(-c2ccc3c(c2)OCO3)nc2n1CC(N)CC2. The Balaban J connectivity index is 1.79. The van der Waals surface area contributed by atoms with Gasteiger partial charge < -0.3 is 19.8 Å². The van der Waals surface area contributed by atoms with Crippen LogP contribution in [0, 0.1) is 6.92 Å². The van der Waals surface area contributed by atoms with Crippen LogP contribution in [-0.2, 0) is 13.0 Å². The minimum atomic E-state index is 0.236. The standard InChI is InChI=1S/C15H17N3O2/c1-9-15(17-14-5-3-11(16)7-18(9)14)10-2-4-12-13(6-10)20-8-19-12/h2,4,6,11H,3,5,7-8,16H2,1H3. The highest BCUT2D eigenvalue weighted by Crippen LogP contribution is 2.37. The van der Waals surface area contributed by atoms with Crippen molar-refractivity contribution in [3.8, 4) is 22.8 Å². The van der Waals surface area contributed by atoms with Crippen LogP contribution in [0.2, 0.25) is 0 Å². The molecule has 3 heterocycles. The molecule has 0 radical (unpaired) electrons. The Morgan fingerprint density at radius 2 is 2.15 bits per heavy atom. The van der Waals surface area contributed by atoms with E-state index in [1.54, 1.807) is 0 Å². The number of rotatable bonds is 1. The predicted octanol–water partition coefficient (Wildman–Crippen LogP) is 1.86. The van der Waals surface area contributed by atoms with Gasteiger partial charge in [-0.05, 0) is 31.5 Å². The lowest BCUT2D eigenvalue weighted by atomic mass is 10.1. The Morgan fingerprint density at radius 1 is 1.30 bits per heavy atom. The Hall–Kier alpha value is -2.01. The highest BCUT2D eigenvalue weighted by Gasteiger charge is 2.22. The molecular formula is C15H17N3O2. The number of aromatic nitrogens is 2. The zero-order chi connectivity index (χ0) is 13.7. The van der Waals surface area contributed by atoms with Crippen molar-refractivity contribution >= 4 is 0 Å². The Morgan fingerprint density at radius 3 is 3.05 bits per heavy atom. The van der Waals surface area contributed by atoms with Crippen LogP contribution in [-0.4, -0.2) is 22.4 Å². The van der Waals surface area contributed by atoms with Gasteiger partial charge in [0.25, 0.3) is 0 Å². The van der Waals surface area contributed by atoms with E-state index in [1.807, 2.05) is 18.2 Å². The number of aryl methyl sites for hydroxylation is 1. The predicted molar refractivity (Wildman–Crippen MR) is 74.8 cm³/mol. The third-order valence-corrected chi connectivity index (χ3v) is 4.10. The van der Waals surface area contributed by atoms with E-state index in [1.165, 1.54) is 5.69 Å². The van der Waals surface area contributed by atoms with Crippen molar-refractivity contribution in [2.75, 3.05) is 6.79 Å². The Labute approximate surface area is 117 Å². The molecule has 0 saturated heterocycles. The number of ether oxygens (including phenoxy) is 2. The summed E-state index contributed by atoms with van der Waals surface area (Å²) in [5.41, 5.74) is 9.32. The van der Waals surface area contributed by atoms with Crippen molar-refractivity contribution in [2.45, 2.75) is 32.4 Å². The van der Waals surface area contributed by atoms with Gasteiger partial charge >= 0.3 is 0 Å². The van der Waals surface area contributed by atoms with E-state index in [0.29, 0.717) is 6.79 Å². The van der Waals surface area contributed by atoms with Gasteiger partial charge in [0.1, 0.15) is 5.82 Å². The molecule has 1 aromatic heterocycles. The van der Waals surface area contributed by atoms with E-state index in [2.05, 4.69) is 11.5 Å². The van der Waals surface area contributed by atoms with Crippen LogP contribution >= 0.6 is 0 Å². The van der Waals surface area contributed by atoms with E-state index in [9.17, 15) is 0 Å². The van der Waals surface area contributed by atoms with Gasteiger partial charge in [-0.15, -0.1) is 0 Å². The largest absolute Gasteiger partial charge is 0.454 e. The molecule has 2 aliphatic heterocycles. The van der Waals surface area contributed by atoms with Crippen LogP contribution in [0.4, 0.5) is 0 Å². The second kappa shape index (κ2) is 4.24. The normalized spacial score (nSPS) is 20.0. The molecule has 0 amide bonds. The summed E-state index contributed by atoms with van der Waals surface area (Å²) in [6.07, 6.45) is 1.96. The summed E-state index contributed by atoms with van der Waals surface area (Å²) >= 11 is 0. The van der Waals surface area contributed by atoms with Crippen molar-refractivity contribution in [2.24, 2.45) is 5.73 Å². The average Bonchev–Trinajstić information content (AvgIpc) is 3.03. The number of imidazole rings is 1. The third kappa shape index (κ3) is 1.70. The Kier molecular flexibility index (Phi) is 2.50. The fourth-order valence-electron chi connectivity index (χ4n) is 2.98. The van der Waals surface area contributed by atoms with Gasteiger partial charge in [0.15, 0.2) is 11.5 Å². The van der Waals surface area contributed by atoms with Gasteiger partial charge in [0, 0.05) is 30.3 Å². The van der Waals surface area contributed by atoms with E-state index in [0.717, 1.165) is 48.0 Å². The number of hydrogen-bond acceptors (Lipinski definition) is 4. The van der Waals surface area contributed by atoms with Gasteiger partial charge in [-0.25, -0.2) is 4.98 Å². The number of nitrogens with two attached hydrogens (primary N) is 1. The molecule has 2 aliphatic rings. The monoisotopic (exact) mass is 271 g/mol. The van der Waals surface area contributed by atoms with Crippen LogP contribution in [0.5, 0.6) is 11.5 Å². The molecule has 0 bridgehead atoms. The first-order valence-electron chi connectivity index (χ1n) is 6.94. The lowest BCUT2D eigenvalue weighted by Gasteiger charge is -2.21. The topological polar surface area (TPSA) is 62.3 Å². The molecule has 5 nitrogen and oxygen atoms in total. The lowest BCUT2D eigenvalue weighted by Crippen LogP contribution is -2.32. The minimum Gasteiger partial charge on any atom is -0.454 e. The van der Waals surface area contributed by atoms with Crippen molar-refractivity contribution < 1.29 is 9.47 Å². The van der Waals surface area contributed by atoms with Crippen molar-refractivity contribution in [1.82, 2.24) is 9.55 Å². The van der Waals surface area contributed by atoms with Crippen LogP contribution in [0.3, 0.4) is 0 Å². The fraction of sp³-hybridized carbons (Fsp3) is 0.400. The molecule has 20 heavy (non-hydrogen) atoms. The second-order valence-corrected chi connectivity index (χ2v) is 5.44. The molecule has 1 aromatic carbocycles. The van der Waals surface area contributed by atoms with E-state index in [-0.39, 0.29) is 6.04 Å². The average molecular weight is 271 g/mol.